The van der Waals surface area contributed by atoms with Gasteiger partial charge in [0.1, 0.15) is 0 Å². The van der Waals surface area contributed by atoms with Gasteiger partial charge in [-0.05, 0) is 81.3 Å². The summed E-state index contributed by atoms with van der Waals surface area (Å²) in [6.07, 6.45) is 3.56. The fraction of sp³-hybridized carbons (Fsp3) is 0.550. The molecule has 1 aliphatic heterocycles. The number of aromatic amines is 1. The molecule has 1 amide bonds. The number of amides is 1. The Bertz CT molecular complexity index is 758. The van der Waals surface area contributed by atoms with Crippen molar-refractivity contribution < 1.29 is 4.79 Å². The van der Waals surface area contributed by atoms with Gasteiger partial charge in [0.25, 0.3) is 0 Å². The molecule has 2 heterocycles. The Morgan fingerprint density at radius 2 is 2.04 bits per heavy atom. The molecule has 1 aromatic carbocycles. The van der Waals surface area contributed by atoms with E-state index in [4.69, 9.17) is 0 Å². The van der Waals surface area contributed by atoms with Crippen LogP contribution in [0.3, 0.4) is 0 Å². The maximum Gasteiger partial charge on any atom is 0.223 e. The lowest BCUT2D eigenvalue weighted by Gasteiger charge is -2.22. The molecule has 1 aromatic heterocycles. The number of hydrogen-bond donors (Lipinski definition) is 3. The van der Waals surface area contributed by atoms with E-state index >= 15 is 0 Å². The zero-order chi connectivity index (χ0) is 16.7. The summed E-state index contributed by atoms with van der Waals surface area (Å²) in [5.41, 5.74) is 4.87. The van der Waals surface area contributed by atoms with Crippen LogP contribution in [-0.4, -0.2) is 24.0 Å². The summed E-state index contributed by atoms with van der Waals surface area (Å²) in [4.78, 5) is 15.8. The first-order valence-electron chi connectivity index (χ1n) is 9.19. The number of aromatic nitrogens is 1. The van der Waals surface area contributed by atoms with Crippen LogP contribution in [0, 0.1) is 31.6 Å². The molecular weight excluding hydrogens is 298 g/mol. The number of benzene rings is 1. The summed E-state index contributed by atoms with van der Waals surface area (Å²) >= 11 is 0. The van der Waals surface area contributed by atoms with Crippen molar-refractivity contribution >= 4 is 16.8 Å². The van der Waals surface area contributed by atoms with Crippen molar-refractivity contribution in [2.75, 3.05) is 13.1 Å². The van der Waals surface area contributed by atoms with E-state index in [1.54, 1.807) is 0 Å². The number of nitrogens with one attached hydrogen (secondary N) is 3. The van der Waals surface area contributed by atoms with Crippen LogP contribution in [0.15, 0.2) is 18.2 Å². The Kier molecular flexibility index (Phi) is 4.09. The highest BCUT2D eigenvalue weighted by molar-refractivity contribution is 5.85. The maximum atomic E-state index is 12.4. The lowest BCUT2D eigenvalue weighted by Crippen LogP contribution is -2.30. The molecule has 24 heavy (non-hydrogen) atoms. The molecule has 0 bridgehead atoms. The molecule has 2 aliphatic rings. The second-order valence-electron chi connectivity index (χ2n) is 7.57. The Labute approximate surface area is 143 Å². The first-order valence-corrected chi connectivity index (χ1v) is 9.19. The molecule has 4 nitrogen and oxygen atoms in total. The zero-order valence-electron chi connectivity index (χ0n) is 14.6. The summed E-state index contributed by atoms with van der Waals surface area (Å²) in [6, 6.07) is 6.42. The molecule has 2 aromatic rings. The SMILES string of the molecule is Cc1[nH]c2ccc(CNC(=O)[C@@H]3C[C@H]3C3CCNCC3)cc2c1C. The second kappa shape index (κ2) is 6.25. The number of hydrogen-bond acceptors (Lipinski definition) is 2. The van der Waals surface area contributed by atoms with Crippen LogP contribution in [0.4, 0.5) is 0 Å². The monoisotopic (exact) mass is 325 g/mol. The molecular formula is C20H27N3O. The number of rotatable bonds is 4. The van der Waals surface area contributed by atoms with E-state index < -0.39 is 0 Å². The van der Waals surface area contributed by atoms with Gasteiger partial charge < -0.3 is 15.6 Å². The van der Waals surface area contributed by atoms with Crippen LogP contribution < -0.4 is 10.6 Å². The van der Waals surface area contributed by atoms with Crippen LogP contribution in [0.25, 0.3) is 10.9 Å². The van der Waals surface area contributed by atoms with E-state index in [9.17, 15) is 4.79 Å². The third-order valence-electron chi connectivity index (χ3n) is 6.01. The van der Waals surface area contributed by atoms with E-state index in [2.05, 4.69) is 47.7 Å². The summed E-state index contributed by atoms with van der Waals surface area (Å²) in [5.74, 6) is 1.89. The highest BCUT2D eigenvalue weighted by atomic mass is 16.2. The van der Waals surface area contributed by atoms with Crippen molar-refractivity contribution in [1.82, 2.24) is 15.6 Å². The lowest BCUT2D eigenvalue weighted by atomic mass is 9.92. The van der Waals surface area contributed by atoms with Crippen molar-refractivity contribution in [3.8, 4) is 0 Å². The molecule has 0 spiro atoms. The number of piperidine rings is 1. The minimum atomic E-state index is 0.251. The predicted molar refractivity (Wildman–Crippen MR) is 96.8 cm³/mol. The molecule has 0 radical (unpaired) electrons. The van der Waals surface area contributed by atoms with Crippen LogP contribution >= 0.6 is 0 Å². The molecule has 2 fully saturated rings. The van der Waals surface area contributed by atoms with Crippen molar-refractivity contribution in [1.29, 1.82) is 0 Å². The number of carbonyl (C=O) groups is 1. The van der Waals surface area contributed by atoms with Crippen LogP contribution in [0.2, 0.25) is 0 Å². The average molecular weight is 325 g/mol. The smallest absolute Gasteiger partial charge is 0.223 e. The average Bonchev–Trinajstić information content (AvgIpc) is 3.36. The normalized spacial score (nSPS) is 24.2. The summed E-state index contributed by atoms with van der Waals surface area (Å²) in [6.45, 7) is 7.11. The lowest BCUT2D eigenvalue weighted by molar-refractivity contribution is -0.123. The number of aryl methyl sites for hydroxylation is 2. The largest absolute Gasteiger partial charge is 0.358 e. The molecule has 0 unspecified atom stereocenters. The van der Waals surface area contributed by atoms with Crippen molar-refractivity contribution in [2.24, 2.45) is 17.8 Å². The molecule has 128 valence electrons. The molecule has 1 aliphatic carbocycles. The number of carbonyl (C=O) groups excluding carboxylic acids is 1. The Hall–Kier alpha value is -1.81. The van der Waals surface area contributed by atoms with Crippen molar-refractivity contribution in [3.63, 3.8) is 0 Å². The van der Waals surface area contributed by atoms with Gasteiger partial charge in [0.2, 0.25) is 5.91 Å². The van der Waals surface area contributed by atoms with Crippen LogP contribution in [-0.2, 0) is 11.3 Å². The van der Waals surface area contributed by atoms with Crippen LogP contribution in [0.1, 0.15) is 36.1 Å². The van der Waals surface area contributed by atoms with Gasteiger partial charge in [-0.25, -0.2) is 0 Å². The Morgan fingerprint density at radius 1 is 1.25 bits per heavy atom. The fourth-order valence-electron chi connectivity index (χ4n) is 4.25. The van der Waals surface area contributed by atoms with Gasteiger partial charge in [-0.3, -0.25) is 4.79 Å². The highest BCUT2D eigenvalue weighted by Crippen LogP contribution is 2.47. The minimum absolute atomic E-state index is 0.251. The van der Waals surface area contributed by atoms with Gasteiger partial charge in [-0.2, -0.15) is 0 Å². The molecule has 3 N–H and O–H groups in total. The molecule has 2 atom stereocenters. The van der Waals surface area contributed by atoms with Gasteiger partial charge >= 0.3 is 0 Å². The third kappa shape index (κ3) is 2.95. The fourth-order valence-corrected chi connectivity index (χ4v) is 4.25. The number of fused-ring (bicyclic) bond motifs is 1. The standard InChI is InChI=1S/C20H27N3O/c1-12-13(2)23-19-4-3-14(9-16(12)19)11-22-20(24)18-10-17(18)15-5-7-21-8-6-15/h3-4,9,15,17-18,21,23H,5-8,10-11H2,1-2H3,(H,22,24)/t17-,18+/m0/s1. The van der Waals surface area contributed by atoms with E-state index in [0.29, 0.717) is 12.5 Å². The third-order valence-corrected chi connectivity index (χ3v) is 6.01. The summed E-state index contributed by atoms with van der Waals surface area (Å²) < 4.78 is 0. The first kappa shape index (κ1) is 15.7. The number of H-pyrrole nitrogens is 1. The maximum absolute atomic E-state index is 12.4. The second-order valence-corrected chi connectivity index (χ2v) is 7.57. The van der Waals surface area contributed by atoms with E-state index in [1.165, 1.54) is 40.6 Å². The predicted octanol–water partition coefficient (Wildman–Crippen LogP) is 3.04. The van der Waals surface area contributed by atoms with Gasteiger partial charge in [-0.15, -0.1) is 0 Å². The van der Waals surface area contributed by atoms with E-state index in [1.807, 2.05) is 0 Å². The quantitative estimate of drug-likeness (QED) is 0.809. The molecule has 1 saturated carbocycles. The van der Waals surface area contributed by atoms with Gasteiger partial charge in [0, 0.05) is 29.1 Å². The van der Waals surface area contributed by atoms with Gasteiger partial charge in [0.15, 0.2) is 0 Å². The van der Waals surface area contributed by atoms with Crippen LogP contribution in [0.5, 0.6) is 0 Å². The van der Waals surface area contributed by atoms with Crippen molar-refractivity contribution in [3.05, 3.63) is 35.0 Å². The molecule has 1 saturated heterocycles. The highest BCUT2D eigenvalue weighted by Gasteiger charge is 2.47. The first-order chi connectivity index (χ1) is 11.6. The molecule has 4 heteroatoms. The molecule has 4 rings (SSSR count). The van der Waals surface area contributed by atoms with Crippen molar-refractivity contribution in [2.45, 2.75) is 39.7 Å². The van der Waals surface area contributed by atoms with Gasteiger partial charge in [-0.1, -0.05) is 6.07 Å². The summed E-state index contributed by atoms with van der Waals surface area (Å²) in [5, 5.41) is 7.82. The topological polar surface area (TPSA) is 56.9 Å². The van der Waals surface area contributed by atoms with Gasteiger partial charge in [0.05, 0.1) is 0 Å². The summed E-state index contributed by atoms with van der Waals surface area (Å²) in [7, 11) is 0. The Morgan fingerprint density at radius 3 is 2.83 bits per heavy atom. The Balaban J connectivity index is 1.35. The minimum Gasteiger partial charge on any atom is -0.358 e. The van der Waals surface area contributed by atoms with E-state index in [0.717, 1.165) is 25.4 Å². The zero-order valence-corrected chi connectivity index (χ0v) is 14.6. The van der Waals surface area contributed by atoms with E-state index in [-0.39, 0.29) is 11.8 Å².